The third-order valence-electron chi connectivity index (χ3n) is 2.49. The predicted molar refractivity (Wildman–Crippen MR) is 75.1 cm³/mol. The van der Waals surface area contributed by atoms with Crippen LogP contribution in [0.3, 0.4) is 0 Å². The lowest BCUT2D eigenvalue weighted by Gasteiger charge is -2.11. The van der Waals surface area contributed by atoms with Crippen molar-refractivity contribution in [2.45, 2.75) is 20.8 Å². The fraction of sp³-hybridized carbons (Fsp3) is 0.357. The van der Waals surface area contributed by atoms with Crippen LogP contribution >= 0.6 is 15.9 Å². The van der Waals surface area contributed by atoms with E-state index in [0.29, 0.717) is 17.7 Å². The van der Waals surface area contributed by atoms with Crippen LogP contribution in [0.5, 0.6) is 5.75 Å². The minimum atomic E-state index is -0.391. The quantitative estimate of drug-likeness (QED) is 0.361. The molecular weight excluding hydrogens is 296 g/mol. The van der Waals surface area contributed by atoms with Crippen LogP contribution in [0.1, 0.15) is 18.1 Å². The van der Waals surface area contributed by atoms with Crippen LogP contribution < -0.4 is 4.74 Å². The van der Waals surface area contributed by atoms with Crippen LogP contribution in [-0.4, -0.2) is 17.9 Å². The fourth-order valence-electron chi connectivity index (χ4n) is 1.39. The summed E-state index contributed by atoms with van der Waals surface area (Å²) in [6, 6.07) is 5.82. The van der Waals surface area contributed by atoms with Crippen LogP contribution in [0.2, 0.25) is 0 Å². The van der Waals surface area contributed by atoms with Gasteiger partial charge in [-0.1, -0.05) is 28.1 Å². The number of hydrogen-bond donors (Lipinski definition) is 0. The van der Waals surface area contributed by atoms with E-state index in [9.17, 15) is 4.79 Å². The number of alkyl halides is 1. The van der Waals surface area contributed by atoms with Gasteiger partial charge in [-0.15, -0.1) is 0 Å². The zero-order valence-electron chi connectivity index (χ0n) is 10.8. The van der Waals surface area contributed by atoms with Crippen molar-refractivity contribution >= 4 is 21.9 Å². The third kappa shape index (κ3) is 4.18. The molecule has 1 rings (SSSR count). The van der Waals surface area contributed by atoms with Crippen molar-refractivity contribution in [1.29, 1.82) is 0 Å². The van der Waals surface area contributed by atoms with Gasteiger partial charge in [-0.25, -0.2) is 4.79 Å². The Bertz CT molecular complexity index is 452. The summed E-state index contributed by atoms with van der Waals surface area (Å²) >= 11 is 3.29. The zero-order chi connectivity index (χ0) is 13.5. The van der Waals surface area contributed by atoms with Crippen LogP contribution in [0, 0.1) is 13.8 Å². The molecule has 1 aromatic rings. The Morgan fingerprint density at radius 2 is 2.11 bits per heavy atom. The summed E-state index contributed by atoms with van der Waals surface area (Å²) < 4.78 is 10.6. The van der Waals surface area contributed by atoms with E-state index in [1.807, 2.05) is 32.0 Å². The average Bonchev–Trinajstić information content (AvgIpc) is 2.34. The van der Waals surface area contributed by atoms with E-state index in [1.165, 1.54) is 6.08 Å². The Labute approximate surface area is 116 Å². The summed E-state index contributed by atoms with van der Waals surface area (Å²) in [6.07, 6.45) is 1.36. The number of carbonyl (C=O) groups excluding carboxylic acids is 1. The highest BCUT2D eigenvalue weighted by Gasteiger charge is 2.07. The summed E-state index contributed by atoms with van der Waals surface area (Å²) in [5.41, 5.74) is 2.21. The Kier molecular flexibility index (Phi) is 5.92. The van der Waals surface area contributed by atoms with Gasteiger partial charge in [-0.05, 0) is 38.0 Å². The Balaban J connectivity index is 2.86. The number of allylic oxidation sites excluding steroid dienone is 1. The number of halogens is 1. The van der Waals surface area contributed by atoms with Gasteiger partial charge in [0.2, 0.25) is 0 Å². The second-order valence-corrected chi connectivity index (χ2v) is 4.36. The lowest BCUT2D eigenvalue weighted by molar-refractivity contribution is -0.137. The molecule has 0 fully saturated rings. The number of esters is 1. The summed E-state index contributed by atoms with van der Waals surface area (Å²) in [6.45, 7) is 6.13. The van der Waals surface area contributed by atoms with Crippen molar-refractivity contribution in [1.82, 2.24) is 0 Å². The first-order valence-corrected chi connectivity index (χ1v) is 6.88. The highest BCUT2D eigenvalue weighted by Crippen LogP contribution is 2.23. The Morgan fingerprint density at radius 3 is 2.72 bits per heavy atom. The topological polar surface area (TPSA) is 35.5 Å². The SMILES string of the molecule is CCOC(=O)C=C(CBr)Oc1cccc(C)c1C. The second-order valence-electron chi connectivity index (χ2n) is 3.80. The first-order valence-electron chi connectivity index (χ1n) is 5.75. The predicted octanol–water partition coefficient (Wildman–Crippen LogP) is 3.52. The van der Waals surface area contributed by atoms with Gasteiger partial charge in [-0.3, -0.25) is 0 Å². The molecule has 0 aliphatic carbocycles. The van der Waals surface area contributed by atoms with Crippen molar-refractivity contribution < 1.29 is 14.3 Å². The van der Waals surface area contributed by atoms with Gasteiger partial charge in [0, 0.05) is 0 Å². The second kappa shape index (κ2) is 7.21. The molecule has 0 heterocycles. The maximum Gasteiger partial charge on any atom is 0.334 e. The van der Waals surface area contributed by atoms with E-state index in [0.717, 1.165) is 16.9 Å². The molecule has 0 aromatic heterocycles. The Morgan fingerprint density at radius 1 is 1.39 bits per heavy atom. The van der Waals surface area contributed by atoms with E-state index in [1.54, 1.807) is 6.92 Å². The molecule has 3 nitrogen and oxygen atoms in total. The van der Waals surface area contributed by atoms with Crippen LogP contribution in [0.15, 0.2) is 30.0 Å². The molecule has 0 radical (unpaired) electrons. The molecule has 0 unspecified atom stereocenters. The molecule has 0 spiro atoms. The third-order valence-corrected chi connectivity index (χ3v) is 3.05. The molecule has 0 aliphatic heterocycles. The van der Waals surface area contributed by atoms with Gasteiger partial charge >= 0.3 is 5.97 Å². The lowest BCUT2D eigenvalue weighted by Crippen LogP contribution is -2.06. The van der Waals surface area contributed by atoms with E-state index in [-0.39, 0.29) is 0 Å². The molecule has 1 aromatic carbocycles. The van der Waals surface area contributed by atoms with Crippen molar-refractivity contribution in [3.63, 3.8) is 0 Å². The minimum Gasteiger partial charge on any atom is -0.463 e. The maximum atomic E-state index is 11.4. The van der Waals surface area contributed by atoms with Crippen molar-refractivity contribution in [3.8, 4) is 5.75 Å². The van der Waals surface area contributed by atoms with Crippen molar-refractivity contribution in [2.75, 3.05) is 11.9 Å². The number of aryl methyl sites for hydroxylation is 1. The molecule has 0 saturated carbocycles. The van der Waals surface area contributed by atoms with Crippen molar-refractivity contribution in [2.24, 2.45) is 0 Å². The van der Waals surface area contributed by atoms with Gasteiger partial charge in [0.1, 0.15) is 11.5 Å². The highest BCUT2D eigenvalue weighted by atomic mass is 79.9. The monoisotopic (exact) mass is 312 g/mol. The molecule has 0 N–H and O–H groups in total. The maximum absolute atomic E-state index is 11.4. The standard InChI is InChI=1S/C14H17BrO3/c1-4-17-14(16)8-12(9-15)18-13-7-5-6-10(2)11(13)3/h5-8H,4,9H2,1-3H3. The van der Waals surface area contributed by atoms with Gasteiger partial charge in [0.05, 0.1) is 18.0 Å². The van der Waals surface area contributed by atoms with E-state index >= 15 is 0 Å². The molecule has 0 atom stereocenters. The van der Waals surface area contributed by atoms with Gasteiger partial charge in [0.15, 0.2) is 0 Å². The van der Waals surface area contributed by atoms with Gasteiger partial charge in [-0.2, -0.15) is 0 Å². The lowest BCUT2D eigenvalue weighted by atomic mass is 10.1. The number of carbonyl (C=O) groups is 1. The summed E-state index contributed by atoms with van der Waals surface area (Å²) in [5.74, 6) is 0.893. The molecule has 0 saturated heterocycles. The van der Waals surface area contributed by atoms with Gasteiger partial charge < -0.3 is 9.47 Å². The molecule has 0 amide bonds. The smallest absolute Gasteiger partial charge is 0.334 e. The van der Waals surface area contributed by atoms with Crippen LogP contribution in [0.25, 0.3) is 0 Å². The average molecular weight is 313 g/mol. The number of rotatable bonds is 5. The summed E-state index contributed by atoms with van der Waals surface area (Å²) in [7, 11) is 0. The minimum absolute atomic E-state index is 0.356. The summed E-state index contributed by atoms with van der Waals surface area (Å²) in [4.78, 5) is 11.4. The van der Waals surface area contributed by atoms with Gasteiger partial charge in [0.25, 0.3) is 0 Å². The van der Waals surface area contributed by atoms with Crippen molar-refractivity contribution in [3.05, 3.63) is 41.2 Å². The zero-order valence-corrected chi connectivity index (χ0v) is 12.4. The summed E-state index contributed by atoms with van der Waals surface area (Å²) in [5, 5.41) is 0.458. The number of ether oxygens (including phenoxy) is 2. The van der Waals surface area contributed by atoms with E-state index in [4.69, 9.17) is 9.47 Å². The fourth-order valence-corrected chi connectivity index (χ4v) is 1.66. The molecule has 0 bridgehead atoms. The number of benzene rings is 1. The van der Waals surface area contributed by atoms with Crippen LogP contribution in [-0.2, 0) is 9.53 Å². The highest BCUT2D eigenvalue weighted by molar-refractivity contribution is 9.09. The molecule has 18 heavy (non-hydrogen) atoms. The first-order chi connectivity index (χ1) is 8.58. The molecule has 0 aliphatic rings. The van der Waals surface area contributed by atoms with E-state index < -0.39 is 5.97 Å². The largest absolute Gasteiger partial charge is 0.463 e. The van der Waals surface area contributed by atoms with E-state index in [2.05, 4.69) is 15.9 Å². The van der Waals surface area contributed by atoms with Crippen LogP contribution in [0.4, 0.5) is 0 Å². The molecule has 4 heteroatoms. The first kappa shape index (κ1) is 14.8. The number of hydrogen-bond acceptors (Lipinski definition) is 3. The molecular formula is C14H17BrO3. The molecule has 98 valence electrons. The Hall–Kier alpha value is -1.29. The normalized spacial score (nSPS) is 11.2.